The zero-order valence-corrected chi connectivity index (χ0v) is 61.8. The molecule has 4 heterocycles. The van der Waals surface area contributed by atoms with E-state index in [9.17, 15) is 34.5 Å². The van der Waals surface area contributed by atoms with E-state index in [-0.39, 0.29) is 83.0 Å². The lowest BCUT2D eigenvalue weighted by Gasteiger charge is -2.25. The van der Waals surface area contributed by atoms with Crippen molar-refractivity contribution in [2.24, 2.45) is 29.6 Å². The van der Waals surface area contributed by atoms with Crippen molar-refractivity contribution in [3.8, 4) is 86.2 Å². The summed E-state index contributed by atoms with van der Waals surface area (Å²) >= 11 is 0. The molecule has 573 valence electrons. The van der Waals surface area contributed by atoms with Gasteiger partial charge in [0.25, 0.3) is 0 Å². The van der Waals surface area contributed by atoms with E-state index in [1.54, 1.807) is 68.0 Å². The van der Waals surface area contributed by atoms with Gasteiger partial charge in [-0.05, 0) is 166 Å². The summed E-state index contributed by atoms with van der Waals surface area (Å²) < 4.78 is 95.9. The molecule has 9 aliphatic rings. The molecule has 0 saturated heterocycles. The normalized spacial score (nSPS) is 18.2. The number of phenolic OH excluding ortho intramolecular Hbond substituents is 1. The maximum Gasteiger partial charge on any atom is 0.338 e. The molecule has 0 bridgehead atoms. The Morgan fingerprint density at radius 3 is 1.18 bits per heavy atom. The Hall–Kier alpha value is -10.2. The molecule has 106 heavy (non-hydrogen) atoms. The van der Waals surface area contributed by atoms with Gasteiger partial charge in [-0.1, -0.05) is 37.8 Å². The lowest BCUT2D eigenvalue weighted by Crippen LogP contribution is -2.21. The van der Waals surface area contributed by atoms with Gasteiger partial charge < -0.3 is 101 Å². The molecule has 4 atom stereocenters. The summed E-state index contributed by atoms with van der Waals surface area (Å²) in [5, 5.41) is 28.3. The van der Waals surface area contributed by atoms with Crippen LogP contribution in [0, 0.1) is 29.6 Å². The highest BCUT2D eigenvalue weighted by atomic mass is 16.7. The molecular weight excluding hydrogens is 1370 g/mol. The van der Waals surface area contributed by atoms with Gasteiger partial charge in [0.15, 0.2) is 70.1 Å². The number of aldehydes is 1. The second-order valence-corrected chi connectivity index (χ2v) is 25.2. The van der Waals surface area contributed by atoms with Crippen molar-refractivity contribution in [3.05, 3.63) is 123 Å². The SMILES string of the molecule is C.COC(/C=C\C1CC1)OC.COC(=O)c1cc(O)c(OC)c(OC)c1.COC(=O)c1cc(OC)c(OC)c2c1C=CC(C1CC1)O2.COc1cc(C(=O)O)c2c(c1OC)OC(C1CC1)C=C2.COc1cc(C=O)c2c(c1OC)OC(C1CC1)C=C2.COc1cc(CO)c2c(c1OC)OC(C1CC1)C=C2.[2HH].[B]. The van der Waals surface area contributed by atoms with Gasteiger partial charge in [0.2, 0.25) is 28.7 Å². The minimum atomic E-state index is -1.01. The molecule has 0 aromatic heterocycles. The Bertz CT molecular complexity index is 4030. The van der Waals surface area contributed by atoms with Crippen LogP contribution < -0.4 is 66.3 Å². The van der Waals surface area contributed by atoms with Crippen LogP contribution in [0.15, 0.2) is 72.9 Å². The lowest BCUT2D eigenvalue weighted by molar-refractivity contribution is -0.0668. The zero-order chi connectivity index (χ0) is 74.9. The summed E-state index contributed by atoms with van der Waals surface area (Å²) in [5.41, 5.74) is 4.98. The van der Waals surface area contributed by atoms with Gasteiger partial charge >= 0.3 is 17.9 Å². The van der Waals surface area contributed by atoms with E-state index in [2.05, 4.69) is 16.9 Å². The average molecular weight is 1470 g/mol. The van der Waals surface area contributed by atoms with Crippen LogP contribution in [0.25, 0.3) is 24.3 Å². The van der Waals surface area contributed by atoms with Gasteiger partial charge in [-0.3, -0.25) is 4.79 Å². The number of aromatic carboxylic acids is 1. The Kier molecular flexibility index (Phi) is 30.4. The molecule has 4 aliphatic heterocycles. The van der Waals surface area contributed by atoms with Crippen molar-refractivity contribution >= 4 is 56.9 Å². The minimum Gasteiger partial charge on any atom is -0.504 e. The molecule has 5 aliphatic carbocycles. The van der Waals surface area contributed by atoms with E-state index in [0.717, 1.165) is 41.7 Å². The second-order valence-electron chi connectivity index (χ2n) is 25.2. The van der Waals surface area contributed by atoms with Crippen LogP contribution in [0.2, 0.25) is 0 Å². The number of carbonyl (C=O) groups excluding carboxylic acids is 3. The van der Waals surface area contributed by atoms with Crippen molar-refractivity contribution in [3.63, 3.8) is 0 Å². The molecule has 25 nitrogen and oxygen atoms in total. The first-order valence-electron chi connectivity index (χ1n) is 34.1. The first kappa shape index (κ1) is 83.1. The van der Waals surface area contributed by atoms with Gasteiger partial charge in [-0.2, -0.15) is 0 Å². The molecule has 14 rings (SSSR count). The fourth-order valence-electron chi connectivity index (χ4n) is 12.0. The molecule has 4 unspecified atom stereocenters. The molecule has 0 amide bonds. The number of carboxylic acids is 1. The van der Waals surface area contributed by atoms with Crippen LogP contribution in [0.3, 0.4) is 0 Å². The fourth-order valence-corrected chi connectivity index (χ4v) is 12.0. The van der Waals surface area contributed by atoms with Crippen LogP contribution in [0.4, 0.5) is 0 Å². The van der Waals surface area contributed by atoms with Crippen molar-refractivity contribution in [2.45, 2.75) is 109 Å². The van der Waals surface area contributed by atoms with E-state index < -0.39 is 17.9 Å². The van der Waals surface area contributed by atoms with Crippen LogP contribution >= 0.6 is 0 Å². The van der Waals surface area contributed by atoms with Crippen LogP contribution in [-0.4, -0.2) is 178 Å². The summed E-state index contributed by atoms with van der Waals surface area (Å²) in [4.78, 5) is 45.7. The number of ether oxygens (including phenoxy) is 18. The molecule has 26 heteroatoms. The van der Waals surface area contributed by atoms with Crippen LogP contribution in [0.1, 0.15) is 142 Å². The Balaban J connectivity index is 0.000000202. The van der Waals surface area contributed by atoms with Gasteiger partial charge in [-0.25, -0.2) is 14.4 Å². The van der Waals surface area contributed by atoms with Gasteiger partial charge in [0.05, 0.1) is 109 Å². The van der Waals surface area contributed by atoms with Gasteiger partial charge in [0.1, 0.15) is 24.4 Å². The third-order valence-corrected chi connectivity index (χ3v) is 18.4. The number of methoxy groups -OCH3 is 14. The number of hydrogen-bond donors (Lipinski definition) is 3. The number of rotatable bonds is 23. The topological polar surface area (TPSA) is 295 Å². The minimum absolute atomic E-state index is 0. The summed E-state index contributed by atoms with van der Waals surface area (Å²) in [7, 11) is 21.1. The zero-order valence-electron chi connectivity index (χ0n) is 61.8. The second kappa shape index (κ2) is 38.7. The molecule has 5 aromatic rings. The largest absolute Gasteiger partial charge is 0.504 e. The maximum atomic E-state index is 12.0. The number of carbonyl (C=O) groups is 4. The molecule has 3 N–H and O–H groups in total. The van der Waals surface area contributed by atoms with Crippen LogP contribution in [-0.2, 0) is 25.6 Å². The maximum absolute atomic E-state index is 12.0. The number of aromatic hydroxyl groups is 1. The number of phenols is 1. The van der Waals surface area contributed by atoms with Crippen molar-refractivity contribution in [1.82, 2.24) is 0 Å². The van der Waals surface area contributed by atoms with Gasteiger partial charge in [-0.15, -0.1) is 0 Å². The number of fused-ring (bicyclic) bond motifs is 4. The van der Waals surface area contributed by atoms with E-state index in [1.807, 2.05) is 48.6 Å². The highest BCUT2D eigenvalue weighted by Gasteiger charge is 2.40. The summed E-state index contributed by atoms with van der Waals surface area (Å²) in [6.45, 7) is -0.0511. The highest BCUT2D eigenvalue weighted by Crippen LogP contribution is 2.52. The molecule has 5 saturated carbocycles. The predicted octanol–water partition coefficient (Wildman–Crippen LogP) is 13.6. The highest BCUT2D eigenvalue weighted by molar-refractivity contribution is 5.97. The van der Waals surface area contributed by atoms with E-state index in [0.29, 0.717) is 115 Å². The van der Waals surface area contributed by atoms with E-state index in [4.69, 9.17) is 80.5 Å². The van der Waals surface area contributed by atoms with Crippen LogP contribution in [0.5, 0.6) is 86.2 Å². The molecule has 3 radical (unpaired) electrons. The van der Waals surface area contributed by atoms with Crippen molar-refractivity contribution in [2.75, 3.05) is 99.5 Å². The quantitative estimate of drug-likeness (QED) is 0.0180. The molecule has 0 spiro atoms. The Morgan fingerprint density at radius 2 is 0.821 bits per heavy atom. The summed E-state index contributed by atoms with van der Waals surface area (Å²) in [6, 6.07) is 9.25. The number of aliphatic hydroxyl groups excluding tert-OH is 1. The number of benzene rings is 5. The van der Waals surface area contributed by atoms with E-state index in [1.165, 1.54) is 119 Å². The average Bonchev–Trinajstić information content (AvgIpc) is 1.56. The third kappa shape index (κ3) is 19.8. The molecule has 5 fully saturated rings. The van der Waals surface area contributed by atoms with Crippen molar-refractivity contribution in [1.29, 1.82) is 0 Å². The number of hydrogen-bond acceptors (Lipinski definition) is 24. The first-order valence-corrected chi connectivity index (χ1v) is 34.1. The first-order chi connectivity index (χ1) is 50.4. The Morgan fingerprint density at radius 1 is 0.462 bits per heavy atom. The smallest absolute Gasteiger partial charge is 0.338 e. The molecular formula is C80H100BO25. The Labute approximate surface area is 622 Å². The number of aliphatic hydroxyl groups is 1. The molecule has 5 aromatic carbocycles. The number of carboxylic acid groups (broad SMARTS) is 1. The predicted molar refractivity (Wildman–Crippen MR) is 399 cm³/mol. The third-order valence-electron chi connectivity index (χ3n) is 18.4. The van der Waals surface area contributed by atoms with Gasteiger partial charge in [0, 0.05) is 51.9 Å². The number of allylic oxidation sites excluding steroid dienone is 1. The number of esters is 2. The fraction of sp³-hybridized carbons (Fsp3) is 0.450. The van der Waals surface area contributed by atoms with E-state index >= 15 is 0 Å². The van der Waals surface area contributed by atoms with Crippen molar-refractivity contribution < 1.29 is 121 Å². The lowest BCUT2D eigenvalue weighted by atomic mass is 10.00. The summed E-state index contributed by atoms with van der Waals surface area (Å²) in [6.07, 6.45) is 32.8. The monoisotopic (exact) mass is 1470 g/mol. The standard InChI is InChI=1S/C16H18O5.C15H16O5.C15H18O4.C15H16O4.C10H12O5.C8H14O2.CH4.B.H2/c1-18-13-8-11(16(17)20-3)10-6-7-12(9-4-5-9)21-14(10)15(13)19-2;1-18-12-7-10(15(16)17)9-5-6-11(8-3-4-8)20-13(9)14(12)19-2;2*1-17-13-7-10(8-16)11-5-6-12(9-3-4-9)19-14(11)15(13)18-2;1-13-8-5-6(10(12)15-3)4-7(11)9(8)14-2;1-9-8(10-2)6-5-7-3-4-7;;;/h6-9,12H,4-5H2,1-3H3;5-8,11H,3-4H2,1-2H3,(H,16,17);5-7,9,12,16H,3-4,8H2,1-2H3;5-9,12H,3-4H2,1-2H3;4-5,11H,1-3H3;5-8H,3-4H2,1-2H3;1H4;;1H/b;;;;;6-5-;;;/i;;;;;;;;1+1. The summed E-state index contributed by atoms with van der Waals surface area (Å²) in [5.74, 6) is 7.73.